The van der Waals surface area contributed by atoms with E-state index in [0.29, 0.717) is 33.8 Å². The molecule has 0 saturated carbocycles. The third kappa shape index (κ3) is 4.18. The molecule has 9 heteroatoms. The Bertz CT molecular complexity index is 1450. The van der Waals surface area contributed by atoms with Crippen LogP contribution in [-0.4, -0.2) is 25.0 Å². The van der Waals surface area contributed by atoms with E-state index in [1.807, 2.05) is 50.2 Å². The van der Waals surface area contributed by atoms with E-state index in [4.69, 9.17) is 4.98 Å². The van der Waals surface area contributed by atoms with E-state index in [9.17, 15) is 8.78 Å². The molecule has 0 aliphatic heterocycles. The average Bonchev–Trinajstić information content (AvgIpc) is 3.23. The minimum atomic E-state index is -0.957. The molecule has 5 heterocycles. The van der Waals surface area contributed by atoms with Gasteiger partial charge in [0.15, 0.2) is 0 Å². The topological polar surface area (TPSA) is 78.5 Å². The molecule has 0 unspecified atom stereocenters. The fourth-order valence-electron chi connectivity index (χ4n) is 3.50. The molecule has 0 aliphatic rings. The molecule has 0 aliphatic carbocycles. The number of hydrogen-bond donors (Lipinski definition) is 0. The van der Waals surface area contributed by atoms with Crippen LogP contribution in [0.25, 0.3) is 33.7 Å². The molecule has 5 aromatic rings. The number of aromatic nitrogens is 6. The van der Waals surface area contributed by atoms with Crippen molar-refractivity contribution in [3.05, 3.63) is 90.1 Å². The summed E-state index contributed by atoms with van der Waals surface area (Å²) in [4.78, 5) is 17.0. The number of pyridine rings is 4. The molecule has 5 rings (SSSR count). The smallest absolute Gasteiger partial charge is 0.571 e. The van der Waals surface area contributed by atoms with Gasteiger partial charge < -0.3 is 15.2 Å². The first-order chi connectivity index (χ1) is 15.4. The Morgan fingerprint density at radius 1 is 0.879 bits per heavy atom. The van der Waals surface area contributed by atoms with Gasteiger partial charge in [0.25, 0.3) is 0 Å². The molecule has 5 aromatic heterocycles. The second kappa shape index (κ2) is 8.87. The minimum absolute atomic E-state index is 0. The largest absolute Gasteiger partial charge is 2.00 e. The minimum Gasteiger partial charge on any atom is -0.571 e. The molecule has 0 N–H and O–H groups in total. The first kappa shape index (κ1) is 22.8. The molecular weight excluding hydrogens is 605 g/mol. The summed E-state index contributed by atoms with van der Waals surface area (Å²) in [6, 6.07) is 18.1. The Labute approximate surface area is 202 Å². The summed E-state index contributed by atoms with van der Waals surface area (Å²) >= 11 is 0. The summed E-state index contributed by atoms with van der Waals surface area (Å²) in [5.41, 5.74) is 3.74. The van der Waals surface area contributed by atoms with Gasteiger partial charge in [-0.1, -0.05) is 35.5 Å². The van der Waals surface area contributed by atoms with E-state index in [-0.39, 0.29) is 26.6 Å². The first-order valence-corrected chi connectivity index (χ1v) is 9.87. The summed E-state index contributed by atoms with van der Waals surface area (Å²) in [5.74, 6) is -1.89. The van der Waals surface area contributed by atoms with E-state index in [1.54, 1.807) is 18.3 Å². The van der Waals surface area contributed by atoms with Crippen LogP contribution in [0.4, 0.5) is 8.78 Å². The molecule has 6 nitrogen and oxygen atoms in total. The van der Waals surface area contributed by atoms with Crippen molar-refractivity contribution in [3.63, 3.8) is 0 Å². The third-order valence-electron chi connectivity index (χ3n) is 5.29. The molecule has 166 valence electrons. The summed E-state index contributed by atoms with van der Waals surface area (Å²) < 4.78 is 27.4. The number of halogens is 2. The van der Waals surface area contributed by atoms with Gasteiger partial charge >= 0.3 is 21.1 Å². The zero-order chi connectivity index (χ0) is 22.3. The zero-order valence-corrected chi connectivity index (χ0v) is 19.8. The molecule has 0 aromatic carbocycles. The molecule has 0 fully saturated rings. The van der Waals surface area contributed by atoms with Gasteiger partial charge in [0.2, 0.25) is 0 Å². The maximum Gasteiger partial charge on any atom is 2.00 e. The van der Waals surface area contributed by atoms with E-state index in [0.717, 1.165) is 11.8 Å². The predicted molar refractivity (Wildman–Crippen MR) is 114 cm³/mol. The van der Waals surface area contributed by atoms with Crippen molar-refractivity contribution in [2.75, 3.05) is 0 Å². The maximum atomic E-state index is 14.2. The van der Waals surface area contributed by atoms with Gasteiger partial charge in [-0.2, -0.15) is 0 Å². The number of hydrogen-bond acceptors (Lipinski definition) is 5. The Hall–Kier alpha value is -3.38. The van der Waals surface area contributed by atoms with Crippen LogP contribution in [0.1, 0.15) is 25.2 Å². The normalized spacial score (nSPS) is 11.4. The van der Waals surface area contributed by atoms with Gasteiger partial charge in [0, 0.05) is 17.3 Å². The van der Waals surface area contributed by atoms with Crippen LogP contribution in [0.15, 0.2) is 60.8 Å². The molecular formula is C24H16F2N6Pt. The van der Waals surface area contributed by atoms with Gasteiger partial charge in [-0.15, -0.1) is 6.07 Å². The Morgan fingerprint density at radius 3 is 2.30 bits per heavy atom. The molecule has 0 radical (unpaired) electrons. The molecule has 0 bridgehead atoms. The van der Waals surface area contributed by atoms with Crippen LogP contribution in [0.5, 0.6) is 0 Å². The first-order valence-electron chi connectivity index (χ1n) is 9.87. The Morgan fingerprint density at radius 2 is 1.58 bits per heavy atom. The summed E-state index contributed by atoms with van der Waals surface area (Å²) in [5, 5.41) is 8.43. The second-order valence-electron chi connectivity index (χ2n) is 7.75. The predicted octanol–water partition coefficient (Wildman–Crippen LogP) is 4.51. The van der Waals surface area contributed by atoms with Crippen molar-refractivity contribution in [1.82, 2.24) is 30.1 Å². The van der Waals surface area contributed by atoms with E-state index >= 15 is 0 Å². The fraction of sp³-hybridized carbons (Fsp3) is 0.125. The number of nitrogens with zero attached hydrogens (tertiary/aromatic N) is 6. The SMILES string of the molecule is CC(C)(c1cccc(-c2[c-]cc(F)nc2F)n1)c1cccc(-c2[n-]nc3cccnc23)n1.[Pt+2]. The second-order valence-corrected chi connectivity index (χ2v) is 7.75. The van der Waals surface area contributed by atoms with Gasteiger partial charge in [-0.25, -0.2) is 8.78 Å². The number of rotatable bonds is 4. The van der Waals surface area contributed by atoms with Crippen LogP contribution < -0.4 is 5.10 Å². The molecule has 0 spiro atoms. The standard InChI is InChI=1S/C24H16F2N6.Pt/c1-24(2,18-9-3-6-15(28-18)14-11-12-20(25)30-23(14)26)19-10-4-7-16(29-19)22-21-17(31-32-22)8-5-13-27-21;/h3-10,12-13H,1-2H3;/q-2;+2. The van der Waals surface area contributed by atoms with E-state index in [2.05, 4.69) is 31.2 Å². The third-order valence-corrected chi connectivity index (χ3v) is 5.29. The van der Waals surface area contributed by atoms with Crippen molar-refractivity contribution < 1.29 is 29.8 Å². The van der Waals surface area contributed by atoms with Crippen molar-refractivity contribution in [3.8, 4) is 22.6 Å². The van der Waals surface area contributed by atoms with Crippen LogP contribution >= 0.6 is 0 Å². The van der Waals surface area contributed by atoms with Gasteiger partial charge in [-0.05, 0) is 49.9 Å². The van der Waals surface area contributed by atoms with Crippen molar-refractivity contribution in [2.24, 2.45) is 0 Å². The van der Waals surface area contributed by atoms with Gasteiger partial charge in [0.1, 0.15) is 11.9 Å². The molecule has 33 heavy (non-hydrogen) atoms. The van der Waals surface area contributed by atoms with Crippen LogP contribution in [0.2, 0.25) is 0 Å². The van der Waals surface area contributed by atoms with E-state index < -0.39 is 17.3 Å². The van der Waals surface area contributed by atoms with Crippen molar-refractivity contribution in [2.45, 2.75) is 19.3 Å². The van der Waals surface area contributed by atoms with Gasteiger partial charge in [0.05, 0.1) is 22.4 Å². The summed E-state index contributed by atoms with van der Waals surface area (Å²) in [7, 11) is 0. The van der Waals surface area contributed by atoms with Crippen LogP contribution in [-0.2, 0) is 26.5 Å². The fourth-order valence-corrected chi connectivity index (χ4v) is 3.50. The van der Waals surface area contributed by atoms with E-state index in [1.165, 1.54) is 0 Å². The molecule has 0 saturated heterocycles. The van der Waals surface area contributed by atoms with Crippen LogP contribution in [0, 0.1) is 18.0 Å². The zero-order valence-electron chi connectivity index (χ0n) is 17.5. The average molecular weight is 622 g/mol. The molecule has 0 atom stereocenters. The monoisotopic (exact) mass is 621 g/mol. The maximum absolute atomic E-state index is 14.2. The van der Waals surface area contributed by atoms with Gasteiger partial charge in [-0.3, -0.25) is 15.0 Å². The Kier molecular flexibility index (Phi) is 6.13. The number of fused-ring (bicyclic) bond motifs is 1. The van der Waals surface area contributed by atoms with Crippen LogP contribution in [0.3, 0.4) is 0 Å². The summed E-state index contributed by atoms with van der Waals surface area (Å²) in [6.07, 6.45) is 1.69. The quantitative estimate of drug-likeness (QED) is 0.217. The van der Waals surface area contributed by atoms with Crippen molar-refractivity contribution >= 4 is 11.0 Å². The van der Waals surface area contributed by atoms with Crippen molar-refractivity contribution in [1.29, 1.82) is 0 Å². The molecule has 0 amide bonds. The summed E-state index contributed by atoms with van der Waals surface area (Å²) in [6.45, 7) is 3.95. The Balaban J connectivity index is 0.00000259.